The van der Waals surface area contributed by atoms with Crippen molar-refractivity contribution in [2.24, 2.45) is 11.3 Å². The topological polar surface area (TPSA) is 23.6 Å². The van der Waals surface area contributed by atoms with Crippen molar-refractivity contribution in [1.82, 2.24) is 8.01 Å². The number of likely N-dealkylation sites (tertiary alicyclic amines) is 1. The third-order valence-electron chi connectivity index (χ3n) is 4.00. The molecule has 1 amide bonds. The van der Waals surface area contributed by atoms with Crippen molar-refractivity contribution >= 4 is 5.91 Å². The molecule has 0 aromatic heterocycles. The quantitative estimate of drug-likeness (QED) is 0.355. The van der Waals surface area contributed by atoms with Gasteiger partial charge in [0.1, 0.15) is 0 Å². The number of halogens is 1. The Morgan fingerprint density at radius 1 is 1.29 bits per heavy atom. The zero-order chi connectivity index (χ0) is 12.5. The van der Waals surface area contributed by atoms with Crippen molar-refractivity contribution in [3.8, 4) is 0 Å². The van der Waals surface area contributed by atoms with E-state index in [0.717, 1.165) is 19.5 Å². The van der Waals surface area contributed by atoms with Gasteiger partial charge in [0.05, 0.1) is 0 Å². The minimum atomic E-state index is 0.279. The van der Waals surface area contributed by atoms with E-state index >= 15 is 0 Å². The molecule has 100 valence electrons. The number of hydrogen-bond donors (Lipinski definition) is 0. The van der Waals surface area contributed by atoms with Crippen LogP contribution < -0.4 is 21.5 Å². The van der Waals surface area contributed by atoms with Crippen LogP contribution in [0.1, 0.15) is 33.1 Å². The van der Waals surface area contributed by atoms with Gasteiger partial charge in [0.2, 0.25) is 0 Å². The molecule has 2 saturated heterocycles. The van der Waals surface area contributed by atoms with Gasteiger partial charge in [0.15, 0.2) is 0 Å². The van der Waals surface area contributed by atoms with Gasteiger partial charge in [-0.15, -0.1) is 0 Å². The Labute approximate surface area is 116 Å². The molecule has 0 atom stereocenters. The van der Waals surface area contributed by atoms with Gasteiger partial charge in [0.25, 0.3) is 0 Å². The van der Waals surface area contributed by atoms with Crippen LogP contribution in [0.15, 0.2) is 0 Å². The molecular weight excluding hydrogens is 327 g/mol. The van der Waals surface area contributed by atoms with Crippen LogP contribution in [0, 0.1) is 11.3 Å². The average molecular weight is 351 g/mol. The SMILES string of the molecule is C[I-]N1CCC2(CC1)CN(C(=O)CC(C)C)C2. The van der Waals surface area contributed by atoms with Crippen LogP contribution >= 0.6 is 0 Å². The molecule has 2 aliphatic rings. The molecule has 1 spiro atoms. The minimum absolute atomic E-state index is 0.279. The fraction of sp³-hybridized carbons (Fsp3) is 0.923. The standard InChI is InChI=1S/C13H24IN2O/c1-11(2)8-12(17)15-9-13(10-15)4-6-16(14-3)7-5-13/h11H,4-10H2,1-3H3/q-1. The number of piperidine rings is 1. The summed E-state index contributed by atoms with van der Waals surface area (Å²) < 4.78 is 2.63. The summed E-state index contributed by atoms with van der Waals surface area (Å²) in [6, 6.07) is 0. The van der Waals surface area contributed by atoms with Gasteiger partial charge in [-0.3, -0.25) is 0 Å². The van der Waals surface area contributed by atoms with Crippen LogP contribution in [0.5, 0.6) is 0 Å². The zero-order valence-corrected chi connectivity index (χ0v) is 13.4. The molecule has 0 aromatic carbocycles. The maximum atomic E-state index is 11.9. The summed E-state index contributed by atoms with van der Waals surface area (Å²) in [5, 5.41) is 0. The molecule has 0 radical (unpaired) electrons. The van der Waals surface area contributed by atoms with Gasteiger partial charge in [-0.2, -0.15) is 0 Å². The molecule has 17 heavy (non-hydrogen) atoms. The molecule has 4 heteroatoms. The van der Waals surface area contributed by atoms with Gasteiger partial charge < -0.3 is 0 Å². The van der Waals surface area contributed by atoms with E-state index < -0.39 is 0 Å². The molecule has 2 fully saturated rings. The van der Waals surface area contributed by atoms with E-state index in [4.69, 9.17) is 0 Å². The molecule has 0 unspecified atom stereocenters. The van der Waals surface area contributed by atoms with Crippen molar-refractivity contribution in [3.05, 3.63) is 0 Å². The van der Waals surface area contributed by atoms with Gasteiger partial charge in [-0.25, -0.2) is 0 Å². The van der Waals surface area contributed by atoms with Crippen LogP contribution in [-0.2, 0) is 4.79 Å². The van der Waals surface area contributed by atoms with Crippen LogP contribution in [-0.4, -0.2) is 45.0 Å². The Bertz CT molecular complexity index is 277. The Morgan fingerprint density at radius 2 is 1.88 bits per heavy atom. The fourth-order valence-electron chi connectivity index (χ4n) is 2.86. The first-order valence-electron chi connectivity index (χ1n) is 6.57. The number of hydrogen-bond acceptors (Lipinski definition) is 2. The summed E-state index contributed by atoms with van der Waals surface area (Å²) >= 11 is 0.279. The van der Waals surface area contributed by atoms with Crippen molar-refractivity contribution in [3.63, 3.8) is 0 Å². The van der Waals surface area contributed by atoms with Crippen LogP contribution in [0.4, 0.5) is 0 Å². The van der Waals surface area contributed by atoms with Crippen LogP contribution in [0.3, 0.4) is 0 Å². The van der Waals surface area contributed by atoms with E-state index in [-0.39, 0.29) is 21.5 Å². The molecule has 2 aliphatic heterocycles. The van der Waals surface area contributed by atoms with Crippen LogP contribution in [0.2, 0.25) is 0 Å². The van der Waals surface area contributed by atoms with E-state index in [1.807, 2.05) is 0 Å². The number of carbonyl (C=O) groups excluding carboxylic acids is 1. The first kappa shape index (κ1) is 13.6. The number of alkyl halides is 1. The third kappa shape index (κ3) is 3.13. The molecule has 0 aromatic rings. The number of carbonyl (C=O) groups is 1. The first-order valence-corrected chi connectivity index (χ1v) is 9.69. The third-order valence-corrected chi connectivity index (χ3v) is 6.33. The van der Waals surface area contributed by atoms with E-state index in [1.54, 1.807) is 0 Å². The molecule has 0 aliphatic carbocycles. The molecule has 0 saturated carbocycles. The molecular formula is C13H24IN2O-. The summed E-state index contributed by atoms with van der Waals surface area (Å²) in [6.45, 7) is 8.86. The second-order valence-corrected chi connectivity index (χ2v) is 8.26. The molecule has 0 bridgehead atoms. The van der Waals surface area contributed by atoms with E-state index in [2.05, 4.69) is 26.8 Å². The second-order valence-electron chi connectivity index (χ2n) is 5.93. The monoisotopic (exact) mass is 351 g/mol. The van der Waals surface area contributed by atoms with Crippen LogP contribution in [0.25, 0.3) is 0 Å². The van der Waals surface area contributed by atoms with Gasteiger partial charge >= 0.3 is 116 Å². The van der Waals surface area contributed by atoms with Crippen molar-refractivity contribution in [2.45, 2.75) is 33.1 Å². The molecule has 2 heterocycles. The number of rotatable bonds is 3. The summed E-state index contributed by atoms with van der Waals surface area (Å²) in [4.78, 5) is 16.3. The van der Waals surface area contributed by atoms with Gasteiger partial charge in [0, 0.05) is 0 Å². The molecule has 2 rings (SSSR count). The maximum absolute atomic E-state index is 11.9. The molecule has 3 nitrogen and oxygen atoms in total. The van der Waals surface area contributed by atoms with E-state index in [9.17, 15) is 4.79 Å². The summed E-state index contributed by atoms with van der Waals surface area (Å²) in [6.07, 6.45) is 3.35. The molecule has 0 N–H and O–H groups in total. The number of nitrogens with zero attached hydrogens (tertiary/aromatic N) is 2. The van der Waals surface area contributed by atoms with Gasteiger partial charge in [-0.1, -0.05) is 0 Å². The Kier molecular flexibility index (Phi) is 4.34. The van der Waals surface area contributed by atoms with Gasteiger partial charge in [-0.05, 0) is 0 Å². The Morgan fingerprint density at radius 3 is 2.35 bits per heavy atom. The summed E-state index contributed by atoms with van der Waals surface area (Å²) in [5.41, 5.74) is 0.502. The second kappa shape index (κ2) is 5.43. The normalized spacial score (nSPS) is 24.4. The number of amides is 1. The predicted molar refractivity (Wildman–Crippen MR) is 65.2 cm³/mol. The van der Waals surface area contributed by atoms with Crippen molar-refractivity contribution < 1.29 is 26.3 Å². The first-order chi connectivity index (χ1) is 8.04. The Balaban J connectivity index is 1.76. The fourth-order valence-corrected chi connectivity index (χ4v) is 4.30. The van der Waals surface area contributed by atoms with Crippen molar-refractivity contribution in [2.75, 3.05) is 31.1 Å². The Hall–Kier alpha value is 0.160. The zero-order valence-electron chi connectivity index (χ0n) is 11.2. The average Bonchev–Trinajstić information content (AvgIpc) is 2.25. The predicted octanol–water partition coefficient (Wildman–Crippen LogP) is -1.41. The van der Waals surface area contributed by atoms with Crippen molar-refractivity contribution in [1.29, 1.82) is 0 Å². The summed E-state index contributed by atoms with van der Waals surface area (Å²) in [5.74, 6) is 0.863. The summed E-state index contributed by atoms with van der Waals surface area (Å²) in [7, 11) is 0. The van der Waals surface area contributed by atoms with E-state index in [1.165, 1.54) is 25.9 Å². The van der Waals surface area contributed by atoms with E-state index in [0.29, 0.717) is 17.2 Å².